The second-order valence-corrected chi connectivity index (χ2v) is 8.55. The molecule has 180 valence electrons. The molecule has 0 bridgehead atoms. The highest BCUT2D eigenvalue weighted by atomic mass is 79.9. The summed E-state index contributed by atoms with van der Waals surface area (Å²) in [6.45, 7) is 0. The van der Waals surface area contributed by atoms with Gasteiger partial charge in [0.25, 0.3) is 11.2 Å². The first kappa shape index (κ1) is 23.2. The van der Waals surface area contributed by atoms with E-state index in [1.165, 1.54) is 32.6 Å². The lowest BCUT2D eigenvalue weighted by molar-refractivity contribution is -0.385. The molecule has 11 heteroatoms. The summed E-state index contributed by atoms with van der Waals surface area (Å²) in [7, 11) is 2.80. The van der Waals surface area contributed by atoms with Gasteiger partial charge in [0.15, 0.2) is 17.3 Å². The van der Waals surface area contributed by atoms with Crippen molar-refractivity contribution in [3.8, 4) is 23.1 Å². The number of para-hydroxylation sites is 1. The van der Waals surface area contributed by atoms with E-state index in [4.69, 9.17) is 13.9 Å². The minimum Gasteiger partial charge on any atom is -0.493 e. The molecule has 10 nitrogen and oxygen atoms in total. The molecule has 0 aliphatic heterocycles. The van der Waals surface area contributed by atoms with Gasteiger partial charge < -0.3 is 13.9 Å². The van der Waals surface area contributed by atoms with E-state index in [-0.39, 0.29) is 28.6 Å². The molecule has 0 amide bonds. The van der Waals surface area contributed by atoms with Gasteiger partial charge in [0.1, 0.15) is 5.58 Å². The molecule has 0 atom stereocenters. The summed E-state index contributed by atoms with van der Waals surface area (Å²) < 4.78 is 18.3. The predicted octanol–water partition coefficient (Wildman–Crippen LogP) is 5.38. The van der Waals surface area contributed by atoms with Crippen molar-refractivity contribution in [2.45, 2.75) is 0 Å². The Bertz CT molecular complexity index is 1740. The van der Waals surface area contributed by atoms with Crippen LogP contribution >= 0.6 is 15.9 Å². The maximum atomic E-state index is 13.4. The number of nitro benzene ring substituents is 1. The molecular formula is C25H17BrN4O6. The van der Waals surface area contributed by atoms with Crippen molar-refractivity contribution >= 4 is 49.7 Å². The predicted molar refractivity (Wildman–Crippen MR) is 138 cm³/mol. The van der Waals surface area contributed by atoms with Crippen molar-refractivity contribution in [3.63, 3.8) is 0 Å². The number of benzene rings is 3. The molecule has 0 N–H and O–H groups in total. The summed E-state index contributed by atoms with van der Waals surface area (Å²) in [5, 5.41) is 17.1. The number of methoxy groups -OCH3 is 2. The molecular weight excluding hydrogens is 532 g/mol. The number of halogens is 1. The van der Waals surface area contributed by atoms with Gasteiger partial charge in [-0.1, -0.05) is 28.1 Å². The van der Waals surface area contributed by atoms with Crippen LogP contribution in [0.4, 0.5) is 5.69 Å². The molecule has 5 aromatic rings. The molecule has 0 unspecified atom stereocenters. The normalized spacial score (nSPS) is 11.4. The molecule has 0 aliphatic carbocycles. The average molecular weight is 549 g/mol. The lowest BCUT2D eigenvalue weighted by atomic mass is 10.1. The highest BCUT2D eigenvalue weighted by Gasteiger charge is 2.20. The summed E-state index contributed by atoms with van der Waals surface area (Å²) >= 11 is 3.44. The van der Waals surface area contributed by atoms with E-state index in [9.17, 15) is 14.9 Å². The van der Waals surface area contributed by atoms with Crippen LogP contribution in [-0.4, -0.2) is 35.0 Å². The first-order valence-corrected chi connectivity index (χ1v) is 11.3. The molecule has 36 heavy (non-hydrogen) atoms. The van der Waals surface area contributed by atoms with Crippen LogP contribution in [0.5, 0.6) is 11.5 Å². The van der Waals surface area contributed by atoms with Crippen LogP contribution in [0.1, 0.15) is 5.56 Å². The van der Waals surface area contributed by atoms with Gasteiger partial charge in [0.2, 0.25) is 5.82 Å². The first-order valence-electron chi connectivity index (χ1n) is 10.6. The number of hydrogen-bond donors (Lipinski definition) is 0. The van der Waals surface area contributed by atoms with Crippen LogP contribution in [0.3, 0.4) is 0 Å². The van der Waals surface area contributed by atoms with Crippen molar-refractivity contribution < 1.29 is 18.8 Å². The van der Waals surface area contributed by atoms with Crippen molar-refractivity contribution in [3.05, 3.63) is 91.2 Å². The lowest BCUT2D eigenvalue weighted by Gasteiger charge is -2.09. The third kappa shape index (κ3) is 4.09. The quantitative estimate of drug-likeness (QED) is 0.158. The van der Waals surface area contributed by atoms with Gasteiger partial charge in [-0.2, -0.15) is 9.78 Å². The smallest absolute Gasteiger partial charge is 0.282 e. The van der Waals surface area contributed by atoms with Crippen LogP contribution < -0.4 is 15.0 Å². The molecule has 3 aromatic carbocycles. The number of ether oxygens (including phenoxy) is 2. The Balaban J connectivity index is 1.74. The Hall–Kier alpha value is -4.51. The van der Waals surface area contributed by atoms with E-state index in [1.807, 2.05) is 12.1 Å². The fourth-order valence-electron chi connectivity index (χ4n) is 3.78. The molecule has 0 aliphatic rings. The highest BCUT2D eigenvalue weighted by molar-refractivity contribution is 9.10. The standard InChI is InChI=1S/C25H17BrN4O6/c1-34-21-11-15(19(30(32)33)12-22(21)35-2)13-27-29-24(28-18-6-4-3-5-17(18)25(29)31)23-10-14-9-16(26)7-8-20(14)36-23/h3-13H,1-2H3. The Kier molecular flexibility index (Phi) is 5.98. The number of furan rings is 1. The van der Waals surface area contributed by atoms with Gasteiger partial charge in [0.05, 0.1) is 47.9 Å². The minimum absolute atomic E-state index is 0.109. The van der Waals surface area contributed by atoms with Gasteiger partial charge >= 0.3 is 0 Å². The van der Waals surface area contributed by atoms with Crippen LogP contribution in [0.2, 0.25) is 0 Å². The summed E-state index contributed by atoms with van der Waals surface area (Å²) in [6.07, 6.45) is 1.21. The number of aromatic nitrogens is 2. The number of hydrogen-bond acceptors (Lipinski definition) is 8. The molecule has 5 rings (SSSR count). The van der Waals surface area contributed by atoms with E-state index in [0.717, 1.165) is 14.5 Å². The minimum atomic E-state index is -0.567. The Morgan fingerprint density at radius 1 is 1.08 bits per heavy atom. The number of fused-ring (bicyclic) bond motifs is 2. The third-order valence-corrected chi connectivity index (χ3v) is 5.99. The van der Waals surface area contributed by atoms with Crippen LogP contribution in [0.15, 0.2) is 79.4 Å². The van der Waals surface area contributed by atoms with E-state index >= 15 is 0 Å². The van der Waals surface area contributed by atoms with Gasteiger partial charge in [-0.15, -0.1) is 0 Å². The topological polar surface area (TPSA) is 122 Å². The molecule has 2 aromatic heterocycles. The maximum absolute atomic E-state index is 13.4. The Labute approximate surface area is 211 Å². The molecule has 2 heterocycles. The zero-order valence-electron chi connectivity index (χ0n) is 19.0. The molecule has 0 radical (unpaired) electrons. The summed E-state index contributed by atoms with van der Waals surface area (Å²) in [5.41, 5.74) is 0.437. The zero-order chi connectivity index (χ0) is 25.4. The van der Waals surface area contributed by atoms with Crippen molar-refractivity contribution in [2.24, 2.45) is 5.10 Å². The fourth-order valence-corrected chi connectivity index (χ4v) is 4.16. The Morgan fingerprint density at radius 3 is 2.58 bits per heavy atom. The summed E-state index contributed by atoms with van der Waals surface area (Å²) in [5.74, 6) is 0.923. The van der Waals surface area contributed by atoms with E-state index in [1.54, 1.807) is 36.4 Å². The van der Waals surface area contributed by atoms with Crippen molar-refractivity contribution in [2.75, 3.05) is 14.2 Å². The van der Waals surface area contributed by atoms with Crippen molar-refractivity contribution in [1.29, 1.82) is 0 Å². The van der Waals surface area contributed by atoms with Gasteiger partial charge in [-0.3, -0.25) is 14.9 Å². The molecule has 0 saturated carbocycles. The summed E-state index contributed by atoms with van der Waals surface area (Å²) in [4.78, 5) is 29.2. The van der Waals surface area contributed by atoms with Crippen molar-refractivity contribution in [1.82, 2.24) is 9.66 Å². The SMILES string of the molecule is COc1cc(C=Nn2c(-c3cc4cc(Br)ccc4o3)nc3ccccc3c2=O)c([N+](=O)[O-])cc1OC. The molecule has 0 spiro atoms. The Morgan fingerprint density at radius 2 is 1.83 bits per heavy atom. The second-order valence-electron chi connectivity index (χ2n) is 7.63. The van der Waals surface area contributed by atoms with Gasteiger partial charge in [0, 0.05) is 9.86 Å². The van der Waals surface area contributed by atoms with Gasteiger partial charge in [-0.25, -0.2) is 4.98 Å². The maximum Gasteiger partial charge on any atom is 0.282 e. The summed E-state index contributed by atoms with van der Waals surface area (Å²) in [6, 6.07) is 16.8. The number of rotatable bonds is 6. The van der Waals surface area contributed by atoms with E-state index in [2.05, 4.69) is 26.0 Å². The molecule has 0 fully saturated rings. The van der Waals surface area contributed by atoms with E-state index in [0.29, 0.717) is 22.2 Å². The lowest BCUT2D eigenvalue weighted by Crippen LogP contribution is -2.20. The van der Waals surface area contributed by atoms with Crippen LogP contribution in [0.25, 0.3) is 33.5 Å². The third-order valence-electron chi connectivity index (χ3n) is 5.49. The first-order chi connectivity index (χ1) is 17.4. The zero-order valence-corrected chi connectivity index (χ0v) is 20.6. The van der Waals surface area contributed by atoms with Crippen LogP contribution in [-0.2, 0) is 0 Å². The van der Waals surface area contributed by atoms with E-state index < -0.39 is 10.5 Å². The number of nitro groups is 1. The average Bonchev–Trinajstić information content (AvgIpc) is 3.30. The number of nitrogens with zero attached hydrogens (tertiary/aromatic N) is 4. The second kappa shape index (κ2) is 9.27. The van der Waals surface area contributed by atoms with Gasteiger partial charge in [-0.05, 0) is 42.5 Å². The van der Waals surface area contributed by atoms with Crippen LogP contribution in [0, 0.1) is 10.1 Å². The highest BCUT2D eigenvalue weighted by Crippen LogP contribution is 2.34. The fraction of sp³-hybridized carbons (Fsp3) is 0.0800. The monoisotopic (exact) mass is 548 g/mol. The molecule has 0 saturated heterocycles. The largest absolute Gasteiger partial charge is 0.493 e.